The summed E-state index contributed by atoms with van der Waals surface area (Å²) in [5.41, 5.74) is 2.72. The highest BCUT2D eigenvalue weighted by Crippen LogP contribution is 2.19. The summed E-state index contributed by atoms with van der Waals surface area (Å²) in [7, 11) is 0. The van der Waals surface area contributed by atoms with Gasteiger partial charge in [-0.1, -0.05) is 11.6 Å². The second kappa shape index (κ2) is 6.95. The summed E-state index contributed by atoms with van der Waals surface area (Å²) in [5.74, 6) is 0.467. The van der Waals surface area contributed by atoms with Gasteiger partial charge in [0, 0.05) is 13.2 Å². The lowest BCUT2D eigenvalue weighted by Crippen LogP contribution is -2.11. The topological polar surface area (TPSA) is 72.8 Å². The molecule has 0 aliphatic rings. The number of anilines is 1. The fraction of sp³-hybridized carbons (Fsp3) is 0.571. The number of fused-ring (bicyclic) bond motifs is 1. The largest absolute Gasteiger partial charge is 0.379 e. The molecule has 0 aliphatic heterocycles. The Bertz CT molecular complexity index is 632. The SMILES string of the molecule is Cc1nc2nc(NCCCOC(C)C)nc(Cl)c2nc1C. The van der Waals surface area contributed by atoms with Gasteiger partial charge in [0.2, 0.25) is 5.95 Å². The quantitative estimate of drug-likeness (QED) is 0.653. The normalized spacial score (nSPS) is 11.3. The molecule has 0 saturated carbocycles. The number of aryl methyl sites for hydroxylation is 2. The monoisotopic (exact) mass is 309 g/mol. The third-order valence-electron chi connectivity index (χ3n) is 2.96. The summed E-state index contributed by atoms with van der Waals surface area (Å²) in [5, 5.41) is 3.45. The fourth-order valence-electron chi connectivity index (χ4n) is 1.75. The van der Waals surface area contributed by atoms with Crippen LogP contribution in [-0.4, -0.2) is 39.2 Å². The van der Waals surface area contributed by atoms with Gasteiger partial charge in [0.15, 0.2) is 10.8 Å². The summed E-state index contributed by atoms with van der Waals surface area (Å²) in [6.45, 7) is 9.23. The average molecular weight is 310 g/mol. The molecule has 6 nitrogen and oxygen atoms in total. The van der Waals surface area contributed by atoms with Gasteiger partial charge in [-0.05, 0) is 34.1 Å². The lowest BCUT2D eigenvalue weighted by atomic mass is 10.3. The smallest absolute Gasteiger partial charge is 0.226 e. The van der Waals surface area contributed by atoms with E-state index in [0.29, 0.717) is 35.4 Å². The Labute approximate surface area is 129 Å². The molecule has 0 saturated heterocycles. The van der Waals surface area contributed by atoms with Crippen molar-refractivity contribution in [3.8, 4) is 0 Å². The van der Waals surface area contributed by atoms with Crippen molar-refractivity contribution in [2.75, 3.05) is 18.5 Å². The molecule has 0 bridgehead atoms. The van der Waals surface area contributed by atoms with Crippen LogP contribution in [0.3, 0.4) is 0 Å². The average Bonchev–Trinajstić information content (AvgIpc) is 2.40. The number of hydrogen-bond donors (Lipinski definition) is 1. The number of aromatic nitrogens is 4. The Morgan fingerprint density at radius 2 is 1.81 bits per heavy atom. The number of halogens is 1. The maximum Gasteiger partial charge on any atom is 0.226 e. The van der Waals surface area contributed by atoms with Gasteiger partial charge in [-0.3, -0.25) is 0 Å². The number of hydrogen-bond acceptors (Lipinski definition) is 6. The Kier molecular flexibility index (Phi) is 5.25. The van der Waals surface area contributed by atoms with E-state index >= 15 is 0 Å². The van der Waals surface area contributed by atoms with Gasteiger partial charge in [-0.2, -0.15) is 9.97 Å². The van der Waals surface area contributed by atoms with Gasteiger partial charge in [0.25, 0.3) is 0 Å². The molecule has 0 radical (unpaired) electrons. The van der Waals surface area contributed by atoms with Gasteiger partial charge < -0.3 is 10.1 Å². The van der Waals surface area contributed by atoms with E-state index < -0.39 is 0 Å². The van der Waals surface area contributed by atoms with E-state index in [1.165, 1.54) is 0 Å². The minimum atomic E-state index is 0.248. The number of rotatable bonds is 6. The summed E-state index contributed by atoms with van der Waals surface area (Å²) in [6, 6.07) is 0. The molecule has 2 heterocycles. The zero-order valence-electron chi connectivity index (χ0n) is 12.8. The first-order valence-corrected chi connectivity index (χ1v) is 7.39. The molecule has 0 atom stereocenters. The predicted molar refractivity (Wildman–Crippen MR) is 83.8 cm³/mol. The minimum absolute atomic E-state index is 0.248. The third-order valence-corrected chi connectivity index (χ3v) is 3.22. The van der Waals surface area contributed by atoms with E-state index in [1.54, 1.807) is 0 Å². The van der Waals surface area contributed by atoms with E-state index in [1.807, 2.05) is 27.7 Å². The van der Waals surface area contributed by atoms with Crippen molar-refractivity contribution in [1.82, 2.24) is 19.9 Å². The molecule has 114 valence electrons. The van der Waals surface area contributed by atoms with Crippen LogP contribution in [-0.2, 0) is 4.74 Å². The van der Waals surface area contributed by atoms with Crippen molar-refractivity contribution in [3.63, 3.8) is 0 Å². The molecular formula is C14H20ClN5O. The minimum Gasteiger partial charge on any atom is -0.379 e. The van der Waals surface area contributed by atoms with Crippen LogP contribution in [0.1, 0.15) is 31.7 Å². The van der Waals surface area contributed by atoms with Crippen molar-refractivity contribution in [2.45, 2.75) is 40.2 Å². The van der Waals surface area contributed by atoms with Crippen LogP contribution in [0.2, 0.25) is 5.15 Å². The number of nitrogens with zero attached hydrogens (tertiary/aromatic N) is 4. The van der Waals surface area contributed by atoms with E-state index in [0.717, 1.165) is 17.8 Å². The van der Waals surface area contributed by atoms with Crippen LogP contribution >= 0.6 is 11.6 Å². The molecule has 0 unspecified atom stereocenters. The van der Waals surface area contributed by atoms with Gasteiger partial charge in [-0.15, -0.1) is 0 Å². The van der Waals surface area contributed by atoms with Crippen LogP contribution < -0.4 is 5.32 Å². The van der Waals surface area contributed by atoms with Gasteiger partial charge in [-0.25, -0.2) is 9.97 Å². The van der Waals surface area contributed by atoms with Crippen LogP contribution in [0.15, 0.2) is 0 Å². The van der Waals surface area contributed by atoms with Crippen molar-refractivity contribution < 1.29 is 4.74 Å². The highest BCUT2D eigenvalue weighted by molar-refractivity contribution is 6.33. The van der Waals surface area contributed by atoms with Crippen LogP contribution in [0.5, 0.6) is 0 Å². The first-order chi connectivity index (χ1) is 9.97. The molecule has 21 heavy (non-hydrogen) atoms. The first kappa shape index (κ1) is 15.9. The second-order valence-electron chi connectivity index (χ2n) is 5.10. The van der Waals surface area contributed by atoms with Crippen LogP contribution in [0.4, 0.5) is 5.95 Å². The van der Waals surface area contributed by atoms with Gasteiger partial charge in [0.1, 0.15) is 5.52 Å². The summed E-state index contributed by atoms with van der Waals surface area (Å²) in [4.78, 5) is 17.3. The molecule has 0 spiro atoms. The molecule has 0 amide bonds. The lowest BCUT2D eigenvalue weighted by molar-refractivity contribution is 0.0787. The molecule has 2 aromatic rings. The summed E-state index contributed by atoms with van der Waals surface area (Å²) < 4.78 is 5.47. The summed E-state index contributed by atoms with van der Waals surface area (Å²) >= 11 is 6.15. The predicted octanol–water partition coefficient (Wildman–Crippen LogP) is 2.92. The van der Waals surface area contributed by atoms with Gasteiger partial charge in [0.05, 0.1) is 17.5 Å². The van der Waals surface area contributed by atoms with E-state index in [-0.39, 0.29) is 6.10 Å². The zero-order chi connectivity index (χ0) is 15.4. The van der Waals surface area contributed by atoms with Crippen LogP contribution in [0.25, 0.3) is 11.2 Å². The van der Waals surface area contributed by atoms with Crippen LogP contribution in [0, 0.1) is 13.8 Å². The first-order valence-electron chi connectivity index (χ1n) is 7.01. The maximum absolute atomic E-state index is 6.15. The molecule has 0 fully saturated rings. The Morgan fingerprint density at radius 1 is 1.10 bits per heavy atom. The molecule has 0 aliphatic carbocycles. The zero-order valence-corrected chi connectivity index (χ0v) is 13.5. The Morgan fingerprint density at radius 3 is 2.52 bits per heavy atom. The molecule has 2 rings (SSSR count). The van der Waals surface area contributed by atoms with Crippen molar-refractivity contribution in [2.24, 2.45) is 0 Å². The van der Waals surface area contributed by atoms with Gasteiger partial charge >= 0.3 is 0 Å². The molecule has 0 aromatic carbocycles. The van der Waals surface area contributed by atoms with Crippen molar-refractivity contribution >= 4 is 28.7 Å². The van der Waals surface area contributed by atoms with E-state index in [9.17, 15) is 0 Å². The highest BCUT2D eigenvalue weighted by atomic mass is 35.5. The van der Waals surface area contributed by atoms with Crippen molar-refractivity contribution in [3.05, 3.63) is 16.5 Å². The second-order valence-corrected chi connectivity index (χ2v) is 5.46. The maximum atomic E-state index is 6.15. The fourth-order valence-corrected chi connectivity index (χ4v) is 1.96. The molecule has 7 heteroatoms. The standard InChI is InChI=1S/C14H20ClN5O/c1-8(2)21-7-5-6-16-14-19-12(15)11-13(20-14)18-10(4)9(3)17-11/h8H,5-7H2,1-4H3,(H,16,18,19,20). The third kappa shape index (κ3) is 4.22. The number of ether oxygens (including phenoxy) is 1. The lowest BCUT2D eigenvalue weighted by Gasteiger charge is -2.09. The Hall–Kier alpha value is -1.53. The molecule has 1 N–H and O–H groups in total. The van der Waals surface area contributed by atoms with E-state index in [4.69, 9.17) is 16.3 Å². The van der Waals surface area contributed by atoms with Crippen molar-refractivity contribution in [1.29, 1.82) is 0 Å². The summed E-state index contributed by atoms with van der Waals surface area (Å²) in [6.07, 6.45) is 1.12. The highest BCUT2D eigenvalue weighted by Gasteiger charge is 2.10. The molecular weight excluding hydrogens is 290 g/mol. The molecule has 2 aromatic heterocycles. The van der Waals surface area contributed by atoms with E-state index in [2.05, 4.69) is 25.3 Å². The number of nitrogens with one attached hydrogen (secondary N) is 1. The Balaban J connectivity index is 2.06.